The molecular formula is C20H14FNO5S3. The van der Waals surface area contributed by atoms with E-state index >= 15 is 0 Å². The van der Waals surface area contributed by atoms with E-state index in [9.17, 15) is 21.2 Å². The number of hydrogen-bond acceptors (Lipinski definition) is 7. The van der Waals surface area contributed by atoms with E-state index in [-0.39, 0.29) is 16.3 Å². The van der Waals surface area contributed by atoms with Gasteiger partial charge in [-0.05, 0) is 41.3 Å². The van der Waals surface area contributed by atoms with E-state index in [2.05, 4.69) is 4.98 Å². The predicted molar refractivity (Wildman–Crippen MR) is 109 cm³/mol. The van der Waals surface area contributed by atoms with Crippen molar-refractivity contribution in [1.29, 1.82) is 0 Å². The van der Waals surface area contributed by atoms with Crippen LogP contribution in [0.1, 0.15) is 5.56 Å². The van der Waals surface area contributed by atoms with Crippen molar-refractivity contribution in [1.82, 2.24) is 4.98 Å². The fraction of sp³-hybridized carbons (Fsp3) is 0.0500. The molecule has 4 aromatic rings. The molecule has 10 heteroatoms. The highest BCUT2D eigenvalue weighted by Crippen LogP contribution is 2.34. The molecule has 0 saturated heterocycles. The lowest BCUT2D eigenvalue weighted by atomic mass is 10.2. The summed E-state index contributed by atoms with van der Waals surface area (Å²) in [4.78, 5) is 4.43. The Bertz CT molecular complexity index is 1380. The maximum atomic E-state index is 13.2. The molecule has 0 radical (unpaired) electrons. The number of sulfone groups is 2. The Hall–Kier alpha value is -2.82. The van der Waals surface area contributed by atoms with Crippen molar-refractivity contribution in [3.8, 4) is 10.8 Å². The number of thiophene rings is 1. The van der Waals surface area contributed by atoms with Crippen LogP contribution in [-0.2, 0) is 25.4 Å². The maximum Gasteiger partial charge on any atom is 0.258 e. The molecule has 0 atom stereocenters. The molecular weight excluding hydrogens is 449 g/mol. The van der Waals surface area contributed by atoms with E-state index in [4.69, 9.17) is 4.42 Å². The molecule has 4 rings (SSSR count). The first kappa shape index (κ1) is 20.5. The quantitative estimate of drug-likeness (QED) is 0.422. The largest absolute Gasteiger partial charge is 0.422 e. The van der Waals surface area contributed by atoms with Crippen molar-refractivity contribution in [2.24, 2.45) is 0 Å². The van der Waals surface area contributed by atoms with Crippen molar-refractivity contribution in [3.63, 3.8) is 0 Å². The molecule has 2 aromatic heterocycles. The summed E-state index contributed by atoms with van der Waals surface area (Å²) in [5.41, 5.74) is 0.286. The third-order valence-electron chi connectivity index (χ3n) is 4.16. The molecule has 0 N–H and O–H groups in total. The minimum Gasteiger partial charge on any atom is -0.422 e. The molecule has 30 heavy (non-hydrogen) atoms. The number of aromatic nitrogens is 1. The van der Waals surface area contributed by atoms with Crippen LogP contribution in [0.15, 0.2) is 91.5 Å². The van der Waals surface area contributed by atoms with E-state index in [0.717, 1.165) is 12.1 Å². The van der Waals surface area contributed by atoms with Crippen LogP contribution in [0.5, 0.6) is 0 Å². The van der Waals surface area contributed by atoms with Gasteiger partial charge in [0.1, 0.15) is 5.82 Å². The second kappa shape index (κ2) is 7.78. The highest BCUT2D eigenvalue weighted by molar-refractivity contribution is 7.94. The second-order valence-corrected chi connectivity index (χ2v) is 11.0. The van der Waals surface area contributed by atoms with Crippen LogP contribution in [0.3, 0.4) is 0 Å². The molecule has 2 heterocycles. The summed E-state index contributed by atoms with van der Waals surface area (Å²) in [5, 5.41) is 0.329. The van der Waals surface area contributed by atoms with E-state index in [1.54, 1.807) is 23.6 Å². The Morgan fingerprint density at radius 3 is 2.23 bits per heavy atom. The fourth-order valence-electron chi connectivity index (χ4n) is 2.74. The summed E-state index contributed by atoms with van der Waals surface area (Å²) >= 11 is 1.23. The van der Waals surface area contributed by atoms with Crippen LogP contribution in [0.25, 0.3) is 10.8 Å². The van der Waals surface area contributed by atoms with Gasteiger partial charge in [-0.2, -0.15) is 4.98 Å². The average Bonchev–Trinajstić information content (AvgIpc) is 3.40. The second-order valence-electron chi connectivity index (χ2n) is 6.29. The average molecular weight is 464 g/mol. The number of nitrogens with zero attached hydrogens (tertiary/aromatic N) is 1. The molecule has 0 aliphatic carbocycles. The topological polar surface area (TPSA) is 94.3 Å². The van der Waals surface area contributed by atoms with Gasteiger partial charge in [-0.1, -0.05) is 36.4 Å². The lowest BCUT2D eigenvalue weighted by Crippen LogP contribution is -2.11. The minimum absolute atomic E-state index is 0.0998. The highest BCUT2D eigenvalue weighted by Gasteiger charge is 2.35. The maximum absolute atomic E-state index is 13.2. The summed E-state index contributed by atoms with van der Waals surface area (Å²) < 4.78 is 71.1. The molecule has 154 valence electrons. The third-order valence-corrected chi connectivity index (χ3v) is 8.38. The molecule has 0 amide bonds. The number of rotatable bonds is 6. The van der Waals surface area contributed by atoms with Gasteiger partial charge in [0, 0.05) is 0 Å². The van der Waals surface area contributed by atoms with Crippen LogP contribution in [0, 0.1) is 5.82 Å². The lowest BCUT2D eigenvalue weighted by molar-refractivity contribution is 0.445. The Morgan fingerprint density at radius 1 is 0.900 bits per heavy atom. The van der Waals surface area contributed by atoms with Gasteiger partial charge in [0.05, 0.1) is 15.5 Å². The highest BCUT2D eigenvalue weighted by atomic mass is 32.2. The van der Waals surface area contributed by atoms with Gasteiger partial charge in [-0.15, -0.1) is 11.3 Å². The van der Waals surface area contributed by atoms with E-state index in [1.165, 1.54) is 47.7 Å². The van der Waals surface area contributed by atoms with E-state index in [1.807, 2.05) is 0 Å². The van der Waals surface area contributed by atoms with Gasteiger partial charge in [0.15, 0.2) is 0 Å². The molecule has 6 nitrogen and oxygen atoms in total. The van der Waals surface area contributed by atoms with Crippen molar-refractivity contribution in [2.45, 2.75) is 20.8 Å². The normalized spacial score (nSPS) is 12.2. The number of hydrogen-bond donors (Lipinski definition) is 0. The van der Waals surface area contributed by atoms with Crippen molar-refractivity contribution < 1.29 is 25.6 Å². The van der Waals surface area contributed by atoms with Crippen LogP contribution in [0.4, 0.5) is 4.39 Å². The van der Waals surface area contributed by atoms with Gasteiger partial charge in [-0.3, -0.25) is 0 Å². The third kappa shape index (κ3) is 3.93. The molecule has 0 aliphatic heterocycles. The lowest BCUT2D eigenvalue weighted by Gasteiger charge is -2.05. The summed E-state index contributed by atoms with van der Waals surface area (Å²) in [5.74, 6) is -1.18. The monoisotopic (exact) mass is 463 g/mol. The van der Waals surface area contributed by atoms with E-state index in [0.29, 0.717) is 4.88 Å². The summed E-state index contributed by atoms with van der Waals surface area (Å²) in [6, 6.07) is 15.6. The molecule has 0 unspecified atom stereocenters. The molecule has 0 saturated carbocycles. The zero-order chi connectivity index (χ0) is 21.4. The number of halogens is 1. The summed E-state index contributed by atoms with van der Waals surface area (Å²) in [6.45, 7) is 0. The van der Waals surface area contributed by atoms with Crippen LogP contribution >= 0.6 is 11.3 Å². The summed E-state index contributed by atoms with van der Waals surface area (Å²) in [7, 11) is -8.51. The van der Waals surface area contributed by atoms with Gasteiger partial charge in [0.2, 0.25) is 30.6 Å². The zero-order valence-electron chi connectivity index (χ0n) is 15.2. The predicted octanol–water partition coefficient (Wildman–Crippen LogP) is 4.35. The first-order valence-electron chi connectivity index (χ1n) is 8.59. The molecule has 0 aliphatic rings. The Labute approximate surface area is 176 Å². The number of oxazole rings is 1. The molecule has 2 aromatic carbocycles. The number of benzene rings is 2. The van der Waals surface area contributed by atoms with Crippen LogP contribution in [-0.4, -0.2) is 21.8 Å². The Kier molecular flexibility index (Phi) is 5.31. The van der Waals surface area contributed by atoms with Gasteiger partial charge >= 0.3 is 0 Å². The standard InChI is InChI=1S/C20H14FNO5S3/c21-15-10-8-14(9-11-15)13-29(23,24)20-19(22-18(27-20)17-7-4-12-28-17)30(25,26)16-5-2-1-3-6-16/h1-12H,13H2. The van der Waals surface area contributed by atoms with Crippen LogP contribution in [0.2, 0.25) is 0 Å². The van der Waals surface area contributed by atoms with Crippen LogP contribution < -0.4 is 0 Å². The van der Waals surface area contributed by atoms with Crippen molar-refractivity contribution in [3.05, 3.63) is 83.5 Å². The van der Waals surface area contributed by atoms with Crippen molar-refractivity contribution in [2.75, 3.05) is 0 Å². The minimum atomic E-state index is -4.26. The SMILES string of the molecule is O=S(=O)(Cc1ccc(F)cc1)c1oc(-c2cccs2)nc1S(=O)(=O)c1ccccc1. The van der Waals surface area contributed by atoms with Gasteiger partial charge in [-0.25, -0.2) is 21.2 Å². The Morgan fingerprint density at radius 2 is 1.60 bits per heavy atom. The van der Waals surface area contributed by atoms with E-state index < -0.39 is 41.4 Å². The summed E-state index contributed by atoms with van der Waals surface area (Å²) in [6.07, 6.45) is 0. The smallest absolute Gasteiger partial charge is 0.258 e. The van der Waals surface area contributed by atoms with Gasteiger partial charge < -0.3 is 4.42 Å². The Balaban J connectivity index is 1.87. The molecule has 0 fully saturated rings. The molecule has 0 bridgehead atoms. The molecule has 0 spiro atoms. The first-order chi connectivity index (χ1) is 14.3. The fourth-order valence-corrected chi connectivity index (χ4v) is 6.58. The van der Waals surface area contributed by atoms with Crippen molar-refractivity contribution >= 4 is 31.0 Å². The first-order valence-corrected chi connectivity index (χ1v) is 12.6. The van der Waals surface area contributed by atoms with Gasteiger partial charge in [0.25, 0.3) is 5.09 Å². The zero-order valence-corrected chi connectivity index (χ0v) is 17.7.